The number of hydrogen-bond acceptors (Lipinski definition) is 5. The van der Waals surface area contributed by atoms with Crippen LogP contribution < -0.4 is 5.73 Å². The van der Waals surface area contributed by atoms with Crippen molar-refractivity contribution in [2.75, 3.05) is 26.8 Å². The van der Waals surface area contributed by atoms with Gasteiger partial charge in [0.15, 0.2) is 0 Å². The summed E-state index contributed by atoms with van der Waals surface area (Å²) in [5.41, 5.74) is 6.56. The van der Waals surface area contributed by atoms with Crippen molar-refractivity contribution in [3.63, 3.8) is 0 Å². The molecule has 1 aliphatic carbocycles. The Balaban J connectivity index is 1.68. The predicted octanol–water partition coefficient (Wildman–Crippen LogP) is 4.49. The maximum absolute atomic E-state index is 14.2. The van der Waals surface area contributed by atoms with Gasteiger partial charge in [0.1, 0.15) is 5.82 Å². The fourth-order valence-corrected chi connectivity index (χ4v) is 6.38. The molecule has 4 N–H and O–H groups in total. The van der Waals surface area contributed by atoms with Crippen LogP contribution >= 0.6 is 11.6 Å². The number of methoxy groups -OCH3 is 1. The van der Waals surface area contributed by atoms with Crippen molar-refractivity contribution in [3.05, 3.63) is 58.9 Å². The Morgan fingerprint density at radius 3 is 2.73 bits per heavy atom. The van der Waals surface area contributed by atoms with E-state index in [1.165, 1.54) is 12.1 Å². The lowest BCUT2D eigenvalue weighted by atomic mass is 9.72. The number of likely N-dealkylation sites (tertiary alicyclic amines) is 1. The van der Waals surface area contributed by atoms with Crippen molar-refractivity contribution in [2.45, 2.75) is 62.7 Å². The summed E-state index contributed by atoms with van der Waals surface area (Å²) in [4.78, 5) is 15.2. The first-order chi connectivity index (χ1) is 17.7. The van der Waals surface area contributed by atoms with Gasteiger partial charge in [-0.15, -0.1) is 0 Å². The van der Waals surface area contributed by atoms with Crippen LogP contribution in [-0.4, -0.2) is 60.0 Å². The number of aliphatic hydroxyl groups excluding tert-OH is 1. The molecule has 0 aromatic heterocycles. The number of ether oxygens (including phenoxy) is 1. The number of benzene rings is 2. The van der Waals surface area contributed by atoms with E-state index in [2.05, 4.69) is 0 Å². The summed E-state index contributed by atoms with van der Waals surface area (Å²) < 4.78 is 19.4. The smallest absolute Gasteiger partial charge is 0.225 e. The molecular weight excluding hydrogens is 495 g/mol. The van der Waals surface area contributed by atoms with E-state index in [1.54, 1.807) is 25.3 Å². The normalized spacial score (nSPS) is 25.7. The number of nitrogens with two attached hydrogens (primary N) is 1. The Bertz CT molecular complexity index is 1080. The molecule has 6 nitrogen and oxygen atoms in total. The van der Waals surface area contributed by atoms with Gasteiger partial charge in [-0.05, 0) is 74.3 Å². The van der Waals surface area contributed by atoms with Crippen LogP contribution in [-0.2, 0) is 15.1 Å². The van der Waals surface area contributed by atoms with Gasteiger partial charge in [-0.3, -0.25) is 4.79 Å². The Kier molecular flexibility index (Phi) is 9.24. The van der Waals surface area contributed by atoms with E-state index in [-0.39, 0.29) is 29.6 Å². The minimum atomic E-state index is -1.29. The fourth-order valence-electron chi connectivity index (χ4n) is 6.10. The highest BCUT2D eigenvalue weighted by molar-refractivity contribution is 6.33. The lowest BCUT2D eigenvalue weighted by Gasteiger charge is -2.44. The molecule has 1 saturated heterocycles. The first-order valence-corrected chi connectivity index (χ1v) is 13.6. The highest BCUT2D eigenvalue weighted by Gasteiger charge is 2.44. The van der Waals surface area contributed by atoms with Crippen LogP contribution in [0.2, 0.25) is 5.02 Å². The number of hydrogen-bond donors (Lipinski definition) is 3. The van der Waals surface area contributed by atoms with Gasteiger partial charge in [-0.25, -0.2) is 4.39 Å². The molecule has 8 heteroatoms. The van der Waals surface area contributed by atoms with E-state index in [0.29, 0.717) is 67.1 Å². The van der Waals surface area contributed by atoms with Gasteiger partial charge in [-0.1, -0.05) is 35.9 Å². The highest BCUT2D eigenvalue weighted by atomic mass is 35.5. The van der Waals surface area contributed by atoms with E-state index in [4.69, 9.17) is 22.1 Å². The summed E-state index contributed by atoms with van der Waals surface area (Å²) in [6.07, 6.45) is 3.64. The lowest BCUT2D eigenvalue weighted by Crippen LogP contribution is -2.49. The highest BCUT2D eigenvalue weighted by Crippen LogP contribution is 2.46. The Morgan fingerprint density at radius 2 is 2.03 bits per heavy atom. The van der Waals surface area contributed by atoms with E-state index in [0.717, 1.165) is 19.3 Å². The van der Waals surface area contributed by atoms with Gasteiger partial charge in [0.2, 0.25) is 5.91 Å². The maximum atomic E-state index is 14.2. The minimum Gasteiger partial charge on any atom is -0.391 e. The molecule has 37 heavy (non-hydrogen) atoms. The number of unbranched alkanes of at least 4 members (excludes halogenated alkanes) is 1. The summed E-state index contributed by atoms with van der Waals surface area (Å²) in [7, 11) is 1.65. The number of piperidine rings is 1. The second-order valence-electron chi connectivity index (χ2n) is 10.6. The lowest BCUT2D eigenvalue weighted by molar-refractivity contribution is -0.141. The third-order valence-electron chi connectivity index (χ3n) is 8.08. The molecule has 1 amide bonds. The van der Waals surface area contributed by atoms with E-state index < -0.39 is 11.7 Å². The van der Waals surface area contributed by atoms with Gasteiger partial charge >= 0.3 is 0 Å². The van der Waals surface area contributed by atoms with Crippen LogP contribution in [0.1, 0.15) is 50.5 Å². The number of aliphatic hydroxyl groups is 2. The Labute approximate surface area is 223 Å². The molecule has 202 valence electrons. The molecular formula is C29H38ClFN2O4. The van der Waals surface area contributed by atoms with Crippen LogP contribution in [0.3, 0.4) is 0 Å². The van der Waals surface area contributed by atoms with Gasteiger partial charge in [0, 0.05) is 55.3 Å². The summed E-state index contributed by atoms with van der Waals surface area (Å²) in [5, 5.41) is 23.0. The zero-order valence-electron chi connectivity index (χ0n) is 21.4. The minimum absolute atomic E-state index is 0.00474. The van der Waals surface area contributed by atoms with Crippen molar-refractivity contribution < 1.29 is 24.1 Å². The third-order valence-corrected chi connectivity index (χ3v) is 8.40. The summed E-state index contributed by atoms with van der Waals surface area (Å²) in [6, 6.07) is 11.3. The van der Waals surface area contributed by atoms with Crippen molar-refractivity contribution in [3.8, 4) is 11.1 Å². The molecule has 0 radical (unpaired) electrons. The fraction of sp³-hybridized carbons (Fsp3) is 0.552. The zero-order chi connectivity index (χ0) is 26.6. The molecule has 1 heterocycles. The molecule has 0 bridgehead atoms. The monoisotopic (exact) mass is 532 g/mol. The average molecular weight is 533 g/mol. The zero-order valence-corrected chi connectivity index (χ0v) is 22.2. The van der Waals surface area contributed by atoms with E-state index >= 15 is 0 Å². The van der Waals surface area contributed by atoms with Gasteiger partial charge in [0.25, 0.3) is 0 Å². The second-order valence-corrected chi connectivity index (χ2v) is 11.0. The number of nitrogens with zero attached hydrogens (tertiary/aromatic N) is 1. The number of carbonyl (C=O) groups excluding carboxylic acids is 1. The quantitative estimate of drug-likeness (QED) is 0.414. The number of rotatable bonds is 9. The van der Waals surface area contributed by atoms with Crippen molar-refractivity contribution in [2.24, 2.45) is 17.6 Å². The predicted molar refractivity (Wildman–Crippen MR) is 142 cm³/mol. The van der Waals surface area contributed by atoms with Gasteiger partial charge in [-0.2, -0.15) is 0 Å². The number of halogens is 2. The standard InChI is InChI=1S/C29H38ClFN2O4/c1-37-14-3-2-12-29(36,23-10-5-11-24(30)27(23)19-7-4-9-22(31)15-19)21-8-6-13-33(18-21)28(35)20-16-25(32)26(34)17-20/h4-5,7,9-11,15,20-21,25-26,34,36H,2-3,6,8,12-14,16-18,32H2,1H3. The topological polar surface area (TPSA) is 96.0 Å². The molecule has 0 spiro atoms. The van der Waals surface area contributed by atoms with Crippen molar-refractivity contribution >= 4 is 17.5 Å². The van der Waals surface area contributed by atoms with Crippen LogP contribution in [0.4, 0.5) is 4.39 Å². The molecule has 2 aromatic rings. The average Bonchev–Trinajstić information content (AvgIpc) is 3.23. The Hall–Kier alpha value is -2.03. The van der Waals surface area contributed by atoms with Crippen LogP contribution in [0, 0.1) is 17.7 Å². The maximum Gasteiger partial charge on any atom is 0.225 e. The molecule has 4 rings (SSSR count). The van der Waals surface area contributed by atoms with Crippen LogP contribution in [0.15, 0.2) is 42.5 Å². The number of amides is 1. The SMILES string of the molecule is COCCCCC(O)(c1cccc(Cl)c1-c1cccc(F)c1)C1CCCN(C(=O)C2CC(N)C(O)C2)C1. The van der Waals surface area contributed by atoms with Crippen LogP contribution in [0.5, 0.6) is 0 Å². The van der Waals surface area contributed by atoms with Gasteiger partial charge in [0.05, 0.1) is 11.7 Å². The molecule has 5 atom stereocenters. The Morgan fingerprint density at radius 1 is 1.24 bits per heavy atom. The third kappa shape index (κ3) is 6.18. The number of carbonyl (C=O) groups is 1. The van der Waals surface area contributed by atoms with Crippen LogP contribution in [0.25, 0.3) is 11.1 Å². The first kappa shape index (κ1) is 28.0. The van der Waals surface area contributed by atoms with E-state index in [1.807, 2.05) is 17.0 Å². The second kappa shape index (κ2) is 12.2. The van der Waals surface area contributed by atoms with Crippen molar-refractivity contribution in [1.82, 2.24) is 4.90 Å². The van der Waals surface area contributed by atoms with E-state index in [9.17, 15) is 19.4 Å². The summed E-state index contributed by atoms with van der Waals surface area (Å²) in [6.45, 7) is 1.60. The largest absolute Gasteiger partial charge is 0.391 e. The molecule has 2 aliphatic rings. The summed E-state index contributed by atoms with van der Waals surface area (Å²) in [5.74, 6) is -0.917. The van der Waals surface area contributed by atoms with Crippen molar-refractivity contribution in [1.29, 1.82) is 0 Å². The first-order valence-electron chi connectivity index (χ1n) is 13.2. The molecule has 5 unspecified atom stereocenters. The molecule has 2 aromatic carbocycles. The van der Waals surface area contributed by atoms with Gasteiger partial charge < -0.3 is 25.6 Å². The molecule has 1 saturated carbocycles. The summed E-state index contributed by atoms with van der Waals surface area (Å²) >= 11 is 6.68. The molecule has 2 fully saturated rings. The molecule has 1 aliphatic heterocycles.